The lowest BCUT2D eigenvalue weighted by molar-refractivity contribution is 0.121. The molecule has 0 saturated carbocycles. The molecule has 0 fully saturated rings. The molecule has 3 N–H and O–H groups in total. The Kier molecular flexibility index (Phi) is 5.93. The third kappa shape index (κ3) is 6.00. The van der Waals surface area contributed by atoms with Crippen LogP contribution in [0.2, 0.25) is 0 Å². The van der Waals surface area contributed by atoms with E-state index >= 15 is 0 Å². The summed E-state index contributed by atoms with van der Waals surface area (Å²) < 4.78 is 31.8. The van der Waals surface area contributed by atoms with Gasteiger partial charge in [-0.1, -0.05) is 24.3 Å². The van der Waals surface area contributed by atoms with Crippen molar-refractivity contribution in [1.82, 2.24) is 9.44 Å². The average Bonchev–Trinajstić information content (AvgIpc) is 2.35. The molecule has 1 aromatic carbocycles. The molecule has 0 unspecified atom stereocenters. The van der Waals surface area contributed by atoms with E-state index in [1.54, 1.807) is 42.8 Å². The van der Waals surface area contributed by atoms with E-state index in [1.165, 1.54) is 0 Å². The van der Waals surface area contributed by atoms with Crippen LogP contribution in [0.3, 0.4) is 0 Å². The summed E-state index contributed by atoms with van der Waals surface area (Å²) in [4.78, 5) is 11.2. The predicted molar refractivity (Wildman–Crippen MR) is 72.9 cm³/mol. The number of amides is 1. The predicted octanol–water partition coefficient (Wildman–Crippen LogP) is 0.648. The zero-order valence-electron chi connectivity index (χ0n) is 11.3. The fourth-order valence-electron chi connectivity index (χ4n) is 1.40. The van der Waals surface area contributed by atoms with Crippen LogP contribution in [-0.4, -0.2) is 25.7 Å². The van der Waals surface area contributed by atoms with Crippen LogP contribution < -0.4 is 9.44 Å². The summed E-state index contributed by atoms with van der Waals surface area (Å²) in [6.07, 6.45) is -1.44. The van der Waals surface area contributed by atoms with Crippen LogP contribution in [-0.2, 0) is 28.1 Å². The largest absolute Gasteiger partial charge is 0.446 e. The van der Waals surface area contributed by atoms with Crippen molar-refractivity contribution in [3.8, 4) is 0 Å². The van der Waals surface area contributed by atoms with Crippen molar-refractivity contribution in [2.75, 3.05) is 0 Å². The molecule has 1 aromatic rings. The maximum absolute atomic E-state index is 11.6. The quantitative estimate of drug-likeness (QED) is 0.715. The smallest absolute Gasteiger partial charge is 0.422 e. The van der Waals surface area contributed by atoms with Gasteiger partial charge >= 0.3 is 16.3 Å². The van der Waals surface area contributed by atoms with E-state index in [4.69, 9.17) is 5.11 Å². The maximum atomic E-state index is 11.6. The van der Waals surface area contributed by atoms with Crippen LogP contribution in [0.15, 0.2) is 24.3 Å². The number of nitrogens with one attached hydrogen (secondary N) is 2. The molecule has 1 amide bonds. The van der Waals surface area contributed by atoms with Gasteiger partial charge in [-0.05, 0) is 25.0 Å². The molecule has 0 aromatic heterocycles. The minimum atomic E-state index is -3.98. The van der Waals surface area contributed by atoms with Crippen molar-refractivity contribution in [3.63, 3.8) is 0 Å². The highest BCUT2D eigenvalue weighted by atomic mass is 32.2. The van der Waals surface area contributed by atoms with Gasteiger partial charge in [-0.2, -0.15) is 13.1 Å². The molecule has 0 aliphatic rings. The molecule has 0 aliphatic carbocycles. The van der Waals surface area contributed by atoms with Gasteiger partial charge < -0.3 is 9.84 Å². The van der Waals surface area contributed by atoms with Gasteiger partial charge in [0.15, 0.2) is 0 Å². The minimum absolute atomic E-state index is 0.00185. The molecule has 8 heteroatoms. The van der Waals surface area contributed by atoms with Crippen LogP contribution in [0, 0.1) is 0 Å². The summed E-state index contributed by atoms with van der Waals surface area (Å²) in [6.45, 7) is 3.09. The molecule has 0 spiro atoms. The SMILES string of the molecule is CC(C)OC(=O)NS(=O)(=O)NCc1cccc(CO)c1. The zero-order chi connectivity index (χ0) is 15.2. The Balaban J connectivity index is 2.56. The molecule has 0 radical (unpaired) electrons. The molecule has 1 rings (SSSR count). The van der Waals surface area contributed by atoms with Crippen molar-refractivity contribution < 1.29 is 23.1 Å². The first-order valence-corrected chi connectivity index (χ1v) is 7.47. The Labute approximate surface area is 118 Å². The Bertz CT molecular complexity index is 557. The molecule has 0 saturated heterocycles. The van der Waals surface area contributed by atoms with Crippen LogP contribution in [0.1, 0.15) is 25.0 Å². The first-order chi connectivity index (χ1) is 9.32. The van der Waals surface area contributed by atoms with Gasteiger partial charge in [0.05, 0.1) is 12.7 Å². The summed E-state index contributed by atoms with van der Waals surface area (Å²) in [7, 11) is -3.98. The minimum Gasteiger partial charge on any atom is -0.446 e. The molecular weight excluding hydrogens is 284 g/mol. The summed E-state index contributed by atoms with van der Waals surface area (Å²) in [6, 6.07) is 6.79. The fraction of sp³-hybridized carbons (Fsp3) is 0.417. The molecule has 0 aliphatic heterocycles. The highest BCUT2D eigenvalue weighted by Gasteiger charge is 2.15. The number of ether oxygens (including phenoxy) is 1. The van der Waals surface area contributed by atoms with E-state index in [2.05, 4.69) is 9.46 Å². The second-order valence-electron chi connectivity index (χ2n) is 4.36. The number of hydrogen-bond acceptors (Lipinski definition) is 5. The lowest BCUT2D eigenvalue weighted by Gasteiger charge is -2.11. The second-order valence-corrected chi connectivity index (χ2v) is 5.86. The zero-order valence-corrected chi connectivity index (χ0v) is 12.1. The number of rotatable bonds is 6. The number of aliphatic hydroxyl groups excluding tert-OH is 1. The third-order valence-corrected chi connectivity index (χ3v) is 3.16. The maximum Gasteiger partial charge on any atom is 0.422 e. The molecule has 112 valence electrons. The average molecular weight is 302 g/mol. The van der Waals surface area contributed by atoms with E-state index < -0.39 is 22.4 Å². The molecular formula is C12H18N2O5S. The number of carbonyl (C=O) groups excluding carboxylic acids is 1. The number of aliphatic hydroxyl groups is 1. The lowest BCUT2D eigenvalue weighted by Crippen LogP contribution is -2.40. The van der Waals surface area contributed by atoms with Crippen molar-refractivity contribution in [3.05, 3.63) is 35.4 Å². The van der Waals surface area contributed by atoms with Crippen LogP contribution in [0.4, 0.5) is 4.79 Å². The van der Waals surface area contributed by atoms with Crippen molar-refractivity contribution in [1.29, 1.82) is 0 Å². The van der Waals surface area contributed by atoms with Gasteiger partial charge in [-0.3, -0.25) is 0 Å². The third-order valence-electron chi connectivity index (χ3n) is 2.20. The molecule has 7 nitrogen and oxygen atoms in total. The van der Waals surface area contributed by atoms with Gasteiger partial charge in [-0.25, -0.2) is 9.52 Å². The Morgan fingerprint density at radius 2 is 2.00 bits per heavy atom. The highest BCUT2D eigenvalue weighted by molar-refractivity contribution is 7.88. The van der Waals surface area contributed by atoms with E-state index in [-0.39, 0.29) is 13.2 Å². The van der Waals surface area contributed by atoms with Crippen LogP contribution >= 0.6 is 0 Å². The van der Waals surface area contributed by atoms with Gasteiger partial charge in [0.2, 0.25) is 0 Å². The topological polar surface area (TPSA) is 105 Å². The lowest BCUT2D eigenvalue weighted by atomic mass is 10.1. The number of benzene rings is 1. The van der Waals surface area contributed by atoms with E-state index in [0.717, 1.165) is 0 Å². The first kappa shape index (κ1) is 16.4. The monoisotopic (exact) mass is 302 g/mol. The van der Waals surface area contributed by atoms with Gasteiger partial charge in [0.1, 0.15) is 0 Å². The normalized spacial score (nSPS) is 11.4. The Hall–Kier alpha value is -1.64. The van der Waals surface area contributed by atoms with Crippen molar-refractivity contribution >= 4 is 16.3 Å². The van der Waals surface area contributed by atoms with Crippen LogP contribution in [0.25, 0.3) is 0 Å². The van der Waals surface area contributed by atoms with Crippen molar-refractivity contribution in [2.45, 2.75) is 33.1 Å². The molecule has 20 heavy (non-hydrogen) atoms. The second kappa shape index (κ2) is 7.22. The molecule has 0 bridgehead atoms. The van der Waals surface area contributed by atoms with E-state index in [0.29, 0.717) is 11.1 Å². The summed E-state index contributed by atoms with van der Waals surface area (Å²) >= 11 is 0. The highest BCUT2D eigenvalue weighted by Crippen LogP contribution is 2.05. The summed E-state index contributed by atoms with van der Waals surface area (Å²) in [5.74, 6) is 0. The van der Waals surface area contributed by atoms with Gasteiger partial charge in [-0.15, -0.1) is 0 Å². The number of hydrogen-bond donors (Lipinski definition) is 3. The van der Waals surface area contributed by atoms with E-state index in [1.807, 2.05) is 0 Å². The Morgan fingerprint density at radius 1 is 1.35 bits per heavy atom. The number of carbonyl (C=O) groups is 1. The standard InChI is InChI=1S/C12H18N2O5S/c1-9(2)19-12(16)14-20(17,18)13-7-10-4-3-5-11(6-10)8-15/h3-6,9,13,15H,7-8H2,1-2H3,(H,14,16). The van der Waals surface area contributed by atoms with Gasteiger partial charge in [0, 0.05) is 6.54 Å². The Morgan fingerprint density at radius 3 is 2.60 bits per heavy atom. The molecule has 0 atom stereocenters. The van der Waals surface area contributed by atoms with Crippen molar-refractivity contribution in [2.24, 2.45) is 0 Å². The first-order valence-electron chi connectivity index (χ1n) is 5.99. The van der Waals surface area contributed by atoms with Crippen LogP contribution in [0.5, 0.6) is 0 Å². The molecule has 0 heterocycles. The fourth-order valence-corrected chi connectivity index (χ4v) is 2.10. The summed E-state index contributed by atoms with van der Waals surface area (Å²) in [5.41, 5.74) is 1.34. The van der Waals surface area contributed by atoms with E-state index in [9.17, 15) is 13.2 Å². The summed E-state index contributed by atoms with van der Waals surface area (Å²) in [5, 5.41) is 8.98. The van der Waals surface area contributed by atoms with Gasteiger partial charge in [0.25, 0.3) is 0 Å².